The average Bonchev–Trinajstić information content (AvgIpc) is 2.36. The lowest BCUT2D eigenvalue weighted by Gasteiger charge is -2.07. The highest BCUT2D eigenvalue weighted by atomic mass is 16.2. The van der Waals surface area contributed by atoms with Gasteiger partial charge in [-0.25, -0.2) is 4.98 Å². The van der Waals surface area contributed by atoms with E-state index in [0.29, 0.717) is 23.8 Å². The van der Waals surface area contributed by atoms with Crippen LogP contribution < -0.4 is 16.4 Å². The molecule has 1 rings (SSSR count). The zero-order valence-electron chi connectivity index (χ0n) is 11.3. The first-order valence-electron chi connectivity index (χ1n) is 6.25. The molecular formula is C13H20N4O2. The Labute approximate surface area is 112 Å². The molecule has 0 bridgehead atoms. The van der Waals surface area contributed by atoms with E-state index in [4.69, 9.17) is 5.73 Å². The summed E-state index contributed by atoms with van der Waals surface area (Å²) in [6, 6.07) is 3.25. The van der Waals surface area contributed by atoms with Gasteiger partial charge in [0.25, 0.3) is 0 Å². The number of carbonyl (C=O) groups is 2. The maximum absolute atomic E-state index is 11.6. The number of aromatic nitrogens is 1. The van der Waals surface area contributed by atoms with Crippen molar-refractivity contribution < 1.29 is 9.59 Å². The number of pyridine rings is 1. The first-order valence-corrected chi connectivity index (χ1v) is 6.25. The topological polar surface area (TPSA) is 97.1 Å². The van der Waals surface area contributed by atoms with Gasteiger partial charge in [-0.1, -0.05) is 13.8 Å². The summed E-state index contributed by atoms with van der Waals surface area (Å²) in [6.07, 6.45) is 2.72. The molecule has 0 radical (unpaired) electrons. The van der Waals surface area contributed by atoms with Crippen LogP contribution in [0.4, 0.5) is 11.5 Å². The fraction of sp³-hybridized carbons (Fsp3) is 0.462. The summed E-state index contributed by atoms with van der Waals surface area (Å²) < 4.78 is 0. The fourth-order valence-electron chi connectivity index (χ4n) is 1.37. The number of amides is 2. The van der Waals surface area contributed by atoms with Crippen molar-refractivity contribution >= 4 is 23.3 Å². The minimum atomic E-state index is -0.288. The lowest BCUT2D eigenvalue weighted by molar-refractivity contribution is -0.124. The van der Waals surface area contributed by atoms with Crippen molar-refractivity contribution in [2.24, 2.45) is 5.92 Å². The molecule has 6 heteroatoms. The predicted molar refractivity (Wildman–Crippen MR) is 74.4 cm³/mol. The number of hydrogen-bond donors (Lipinski definition) is 3. The molecule has 0 saturated carbocycles. The highest BCUT2D eigenvalue weighted by Gasteiger charge is 2.07. The zero-order chi connectivity index (χ0) is 14.3. The van der Waals surface area contributed by atoms with Gasteiger partial charge in [0.1, 0.15) is 5.82 Å². The van der Waals surface area contributed by atoms with Gasteiger partial charge in [0.2, 0.25) is 11.8 Å². The van der Waals surface area contributed by atoms with Crippen molar-refractivity contribution in [1.82, 2.24) is 10.3 Å². The van der Waals surface area contributed by atoms with Gasteiger partial charge in [-0.15, -0.1) is 0 Å². The van der Waals surface area contributed by atoms with Crippen molar-refractivity contribution in [1.29, 1.82) is 0 Å². The summed E-state index contributed by atoms with van der Waals surface area (Å²) in [5.41, 5.74) is 5.98. The molecule has 0 aromatic carbocycles. The van der Waals surface area contributed by atoms with Crippen LogP contribution in [0.3, 0.4) is 0 Å². The van der Waals surface area contributed by atoms with E-state index < -0.39 is 0 Å². The Morgan fingerprint density at radius 2 is 2.05 bits per heavy atom. The zero-order valence-corrected chi connectivity index (χ0v) is 11.3. The molecule has 0 atom stereocenters. The molecule has 0 fully saturated rings. The van der Waals surface area contributed by atoms with E-state index in [0.717, 1.165) is 6.42 Å². The number of nitrogens with two attached hydrogens (primary N) is 1. The summed E-state index contributed by atoms with van der Waals surface area (Å²) in [6.45, 7) is 4.06. The highest BCUT2D eigenvalue weighted by molar-refractivity contribution is 5.94. The molecule has 1 heterocycles. The van der Waals surface area contributed by atoms with E-state index in [9.17, 15) is 9.59 Å². The van der Waals surface area contributed by atoms with Crippen LogP contribution in [0.25, 0.3) is 0 Å². The van der Waals surface area contributed by atoms with E-state index in [1.807, 2.05) is 13.8 Å². The minimum Gasteiger partial charge on any atom is -0.384 e. The van der Waals surface area contributed by atoms with E-state index in [-0.39, 0.29) is 18.4 Å². The first-order chi connectivity index (χ1) is 8.97. The first kappa shape index (κ1) is 14.9. The van der Waals surface area contributed by atoms with Gasteiger partial charge in [-0.05, 0) is 24.5 Å². The molecule has 104 valence electrons. The summed E-state index contributed by atoms with van der Waals surface area (Å²) in [5.74, 6) is 0.462. The number of carbonyl (C=O) groups excluding carboxylic acids is 2. The summed E-state index contributed by atoms with van der Waals surface area (Å²) >= 11 is 0. The van der Waals surface area contributed by atoms with Crippen LogP contribution in [0.2, 0.25) is 0 Å². The smallest absolute Gasteiger partial charge is 0.243 e. The Balaban J connectivity index is 2.28. The van der Waals surface area contributed by atoms with Crippen molar-refractivity contribution in [3.63, 3.8) is 0 Å². The molecule has 0 aliphatic heterocycles. The van der Waals surface area contributed by atoms with Gasteiger partial charge >= 0.3 is 0 Å². The molecule has 0 unspecified atom stereocenters. The van der Waals surface area contributed by atoms with E-state index >= 15 is 0 Å². The molecule has 2 amide bonds. The van der Waals surface area contributed by atoms with Crippen molar-refractivity contribution in [2.75, 3.05) is 17.6 Å². The Morgan fingerprint density at radius 3 is 2.63 bits per heavy atom. The van der Waals surface area contributed by atoms with Gasteiger partial charge < -0.3 is 16.4 Å². The second kappa shape index (κ2) is 7.35. The van der Waals surface area contributed by atoms with Crippen LogP contribution in [0, 0.1) is 5.92 Å². The third kappa shape index (κ3) is 6.40. The minimum absolute atomic E-state index is 0.0404. The van der Waals surface area contributed by atoms with Crippen molar-refractivity contribution in [3.8, 4) is 0 Å². The number of nitrogens with zero attached hydrogens (tertiary/aromatic N) is 1. The van der Waals surface area contributed by atoms with Crippen LogP contribution in [0.5, 0.6) is 0 Å². The molecule has 1 aromatic heterocycles. The van der Waals surface area contributed by atoms with Gasteiger partial charge in [0, 0.05) is 6.42 Å². The SMILES string of the molecule is CC(C)CCC(=O)NCC(=O)Nc1ccc(N)nc1. The summed E-state index contributed by atoms with van der Waals surface area (Å²) in [4.78, 5) is 26.8. The Bertz CT molecular complexity index is 429. The molecule has 19 heavy (non-hydrogen) atoms. The number of nitrogens with one attached hydrogen (secondary N) is 2. The molecule has 1 aromatic rings. The van der Waals surface area contributed by atoms with E-state index in [2.05, 4.69) is 15.6 Å². The van der Waals surface area contributed by atoms with Crippen LogP contribution >= 0.6 is 0 Å². The summed E-state index contributed by atoms with van der Waals surface area (Å²) in [7, 11) is 0. The number of nitrogen functional groups attached to an aromatic ring is 1. The van der Waals surface area contributed by atoms with Crippen molar-refractivity contribution in [2.45, 2.75) is 26.7 Å². The third-order valence-electron chi connectivity index (χ3n) is 2.46. The largest absolute Gasteiger partial charge is 0.384 e. The number of anilines is 2. The van der Waals surface area contributed by atoms with Crippen LogP contribution in [-0.4, -0.2) is 23.3 Å². The molecule has 4 N–H and O–H groups in total. The van der Waals surface area contributed by atoms with Crippen LogP contribution in [-0.2, 0) is 9.59 Å². The van der Waals surface area contributed by atoms with E-state index in [1.165, 1.54) is 6.20 Å². The number of rotatable bonds is 6. The highest BCUT2D eigenvalue weighted by Crippen LogP contribution is 2.06. The Morgan fingerprint density at radius 1 is 1.32 bits per heavy atom. The molecule has 0 aliphatic carbocycles. The molecule has 0 spiro atoms. The maximum atomic E-state index is 11.6. The third-order valence-corrected chi connectivity index (χ3v) is 2.46. The normalized spacial score (nSPS) is 10.3. The van der Waals surface area contributed by atoms with Crippen LogP contribution in [0.1, 0.15) is 26.7 Å². The molecule has 0 aliphatic rings. The average molecular weight is 264 g/mol. The standard InChI is InChI=1S/C13H20N4O2/c1-9(2)3-6-12(18)16-8-13(19)17-10-4-5-11(14)15-7-10/h4-5,7,9H,3,6,8H2,1-2H3,(H2,14,15)(H,16,18)(H,17,19). The molecule has 6 nitrogen and oxygen atoms in total. The van der Waals surface area contributed by atoms with Gasteiger partial charge in [0.05, 0.1) is 18.4 Å². The lowest BCUT2D eigenvalue weighted by Crippen LogP contribution is -2.32. The quantitative estimate of drug-likeness (QED) is 0.718. The monoisotopic (exact) mass is 264 g/mol. The maximum Gasteiger partial charge on any atom is 0.243 e. The van der Waals surface area contributed by atoms with Gasteiger partial charge in [-0.2, -0.15) is 0 Å². The van der Waals surface area contributed by atoms with Crippen molar-refractivity contribution in [3.05, 3.63) is 18.3 Å². The second-order valence-corrected chi connectivity index (χ2v) is 4.73. The summed E-state index contributed by atoms with van der Waals surface area (Å²) in [5, 5.41) is 5.19. The fourth-order valence-corrected chi connectivity index (χ4v) is 1.37. The lowest BCUT2D eigenvalue weighted by atomic mass is 10.1. The Kier molecular flexibility index (Phi) is 5.78. The molecular weight excluding hydrogens is 244 g/mol. The van der Waals surface area contributed by atoms with Crippen LogP contribution in [0.15, 0.2) is 18.3 Å². The van der Waals surface area contributed by atoms with Gasteiger partial charge in [0.15, 0.2) is 0 Å². The predicted octanol–water partition coefficient (Wildman–Crippen LogP) is 1.15. The second-order valence-electron chi connectivity index (χ2n) is 4.73. The molecule has 0 saturated heterocycles. The Hall–Kier alpha value is -2.11. The van der Waals surface area contributed by atoms with Gasteiger partial charge in [-0.3, -0.25) is 9.59 Å². The number of hydrogen-bond acceptors (Lipinski definition) is 4. The van der Waals surface area contributed by atoms with E-state index in [1.54, 1.807) is 12.1 Å².